The molecule has 1 aliphatic rings. The molecule has 2 heterocycles. The van der Waals surface area contributed by atoms with E-state index in [1.54, 1.807) is 6.26 Å². The van der Waals surface area contributed by atoms with Crippen LogP contribution in [0.15, 0.2) is 22.8 Å². The number of carbonyl (C=O) groups is 1. The third-order valence-electron chi connectivity index (χ3n) is 3.02. The monoisotopic (exact) mass is 252 g/mol. The molecular formula is C13H20N2O3. The first kappa shape index (κ1) is 13.0. The van der Waals surface area contributed by atoms with E-state index in [-0.39, 0.29) is 18.1 Å². The summed E-state index contributed by atoms with van der Waals surface area (Å²) < 4.78 is 10.5. The van der Waals surface area contributed by atoms with Crippen molar-refractivity contribution in [2.75, 3.05) is 13.2 Å². The van der Waals surface area contributed by atoms with Crippen LogP contribution in [0.4, 0.5) is 4.79 Å². The minimum atomic E-state index is -0.110. The Morgan fingerprint density at radius 3 is 2.94 bits per heavy atom. The van der Waals surface area contributed by atoms with Gasteiger partial charge >= 0.3 is 6.03 Å². The summed E-state index contributed by atoms with van der Waals surface area (Å²) in [6, 6.07) is 3.94. The second-order valence-corrected chi connectivity index (χ2v) is 4.69. The zero-order valence-electron chi connectivity index (χ0n) is 10.6. The molecule has 1 aromatic rings. The number of rotatable bonds is 4. The fraction of sp³-hybridized carbons (Fsp3) is 0.615. The van der Waals surface area contributed by atoms with E-state index >= 15 is 0 Å². The van der Waals surface area contributed by atoms with Gasteiger partial charge in [-0.1, -0.05) is 0 Å². The lowest BCUT2D eigenvalue weighted by atomic mass is 10.1. The quantitative estimate of drug-likeness (QED) is 0.857. The maximum atomic E-state index is 11.8. The van der Waals surface area contributed by atoms with Gasteiger partial charge in [-0.3, -0.25) is 0 Å². The highest BCUT2D eigenvalue weighted by Crippen LogP contribution is 2.06. The van der Waals surface area contributed by atoms with Crippen molar-refractivity contribution in [3.8, 4) is 0 Å². The van der Waals surface area contributed by atoms with E-state index in [0.717, 1.165) is 31.8 Å². The molecule has 5 heteroatoms. The first-order valence-electron chi connectivity index (χ1n) is 6.41. The molecule has 0 aromatic carbocycles. The maximum Gasteiger partial charge on any atom is 0.315 e. The lowest BCUT2D eigenvalue weighted by Gasteiger charge is -2.24. The highest BCUT2D eigenvalue weighted by Gasteiger charge is 2.17. The van der Waals surface area contributed by atoms with Gasteiger partial charge in [-0.15, -0.1) is 0 Å². The molecule has 2 rings (SSSR count). The standard InChI is InChI=1S/C13H20N2O3/c1-10(9-12-3-2-6-18-12)14-13(16)15-11-4-7-17-8-5-11/h2-3,6,10-11H,4-5,7-9H2,1H3,(H2,14,15,16). The molecule has 1 unspecified atom stereocenters. The molecule has 1 fully saturated rings. The van der Waals surface area contributed by atoms with Gasteiger partial charge in [0.15, 0.2) is 0 Å². The molecule has 100 valence electrons. The molecule has 1 atom stereocenters. The van der Waals surface area contributed by atoms with Crippen molar-refractivity contribution in [2.24, 2.45) is 0 Å². The van der Waals surface area contributed by atoms with Crippen molar-refractivity contribution in [3.05, 3.63) is 24.2 Å². The molecule has 0 saturated carbocycles. The molecule has 1 saturated heterocycles. The summed E-state index contributed by atoms with van der Waals surface area (Å²) in [5.74, 6) is 0.883. The van der Waals surface area contributed by atoms with Gasteiger partial charge in [0.2, 0.25) is 0 Å². The molecule has 2 N–H and O–H groups in total. The zero-order valence-corrected chi connectivity index (χ0v) is 10.6. The van der Waals surface area contributed by atoms with Gasteiger partial charge in [-0.2, -0.15) is 0 Å². The summed E-state index contributed by atoms with van der Waals surface area (Å²) in [5.41, 5.74) is 0. The average Bonchev–Trinajstić information content (AvgIpc) is 2.82. The van der Waals surface area contributed by atoms with Crippen molar-refractivity contribution in [3.63, 3.8) is 0 Å². The third kappa shape index (κ3) is 4.07. The second-order valence-electron chi connectivity index (χ2n) is 4.69. The van der Waals surface area contributed by atoms with Crippen LogP contribution in [-0.2, 0) is 11.2 Å². The Kier molecular flexibility index (Phi) is 4.64. The van der Waals surface area contributed by atoms with Gasteiger partial charge in [-0.25, -0.2) is 4.79 Å². The van der Waals surface area contributed by atoms with Gasteiger partial charge in [0.25, 0.3) is 0 Å². The molecule has 5 nitrogen and oxygen atoms in total. The Balaban J connectivity index is 1.69. The first-order valence-corrected chi connectivity index (χ1v) is 6.41. The molecule has 1 aliphatic heterocycles. The Morgan fingerprint density at radius 2 is 2.28 bits per heavy atom. The Bertz CT molecular complexity index is 358. The van der Waals surface area contributed by atoms with Crippen LogP contribution in [0.3, 0.4) is 0 Å². The molecular weight excluding hydrogens is 232 g/mol. The van der Waals surface area contributed by atoms with E-state index in [2.05, 4.69) is 10.6 Å². The average molecular weight is 252 g/mol. The van der Waals surface area contributed by atoms with Crippen LogP contribution in [-0.4, -0.2) is 31.3 Å². The third-order valence-corrected chi connectivity index (χ3v) is 3.02. The fourth-order valence-electron chi connectivity index (χ4n) is 2.07. The van der Waals surface area contributed by atoms with E-state index in [0.29, 0.717) is 6.42 Å². The number of hydrogen-bond donors (Lipinski definition) is 2. The predicted octanol–water partition coefficient (Wildman–Crippen LogP) is 1.69. The van der Waals surface area contributed by atoms with Crippen LogP contribution in [0.1, 0.15) is 25.5 Å². The highest BCUT2D eigenvalue weighted by molar-refractivity contribution is 5.74. The van der Waals surface area contributed by atoms with Crippen LogP contribution < -0.4 is 10.6 Å². The van der Waals surface area contributed by atoms with Gasteiger partial charge in [0.1, 0.15) is 5.76 Å². The highest BCUT2D eigenvalue weighted by atomic mass is 16.5. The summed E-state index contributed by atoms with van der Waals surface area (Å²) in [6.45, 7) is 3.42. The smallest absolute Gasteiger partial charge is 0.315 e. The fourth-order valence-corrected chi connectivity index (χ4v) is 2.07. The second kappa shape index (κ2) is 6.44. The van der Waals surface area contributed by atoms with E-state index in [9.17, 15) is 4.79 Å². The lowest BCUT2D eigenvalue weighted by Crippen LogP contribution is -2.47. The van der Waals surface area contributed by atoms with Gasteiger partial charge < -0.3 is 19.8 Å². The zero-order chi connectivity index (χ0) is 12.8. The first-order chi connectivity index (χ1) is 8.74. The maximum absolute atomic E-state index is 11.8. The van der Waals surface area contributed by atoms with E-state index in [1.807, 2.05) is 19.1 Å². The number of hydrogen-bond acceptors (Lipinski definition) is 3. The van der Waals surface area contributed by atoms with Crippen molar-refractivity contribution in [1.82, 2.24) is 10.6 Å². The van der Waals surface area contributed by atoms with E-state index < -0.39 is 0 Å². The van der Waals surface area contributed by atoms with Crippen LogP contribution in [0, 0.1) is 0 Å². The van der Waals surface area contributed by atoms with Gasteiger partial charge in [0, 0.05) is 31.7 Å². The van der Waals surface area contributed by atoms with Gasteiger partial charge in [0.05, 0.1) is 6.26 Å². The largest absolute Gasteiger partial charge is 0.469 e. The van der Waals surface area contributed by atoms with Crippen molar-refractivity contribution >= 4 is 6.03 Å². The number of nitrogens with one attached hydrogen (secondary N) is 2. The van der Waals surface area contributed by atoms with E-state index in [1.165, 1.54) is 0 Å². The summed E-state index contributed by atoms with van der Waals surface area (Å²) >= 11 is 0. The van der Waals surface area contributed by atoms with Crippen molar-refractivity contribution in [2.45, 2.75) is 38.3 Å². The lowest BCUT2D eigenvalue weighted by molar-refractivity contribution is 0.0800. The summed E-state index contributed by atoms with van der Waals surface area (Å²) in [7, 11) is 0. The van der Waals surface area contributed by atoms with Crippen molar-refractivity contribution in [1.29, 1.82) is 0 Å². The Hall–Kier alpha value is -1.49. The SMILES string of the molecule is CC(Cc1ccco1)NC(=O)NC1CCOCC1. The molecule has 0 spiro atoms. The number of urea groups is 1. The van der Waals surface area contributed by atoms with Crippen LogP contribution >= 0.6 is 0 Å². The number of ether oxygens (including phenoxy) is 1. The number of carbonyl (C=O) groups excluding carboxylic acids is 1. The van der Waals surface area contributed by atoms with Crippen LogP contribution in [0.2, 0.25) is 0 Å². The number of amides is 2. The molecule has 2 amide bonds. The topological polar surface area (TPSA) is 63.5 Å². The molecule has 0 radical (unpaired) electrons. The summed E-state index contributed by atoms with van der Waals surface area (Å²) in [4.78, 5) is 11.8. The summed E-state index contributed by atoms with van der Waals surface area (Å²) in [5, 5.41) is 5.88. The van der Waals surface area contributed by atoms with E-state index in [4.69, 9.17) is 9.15 Å². The van der Waals surface area contributed by atoms with Crippen molar-refractivity contribution < 1.29 is 13.9 Å². The Labute approximate surface area is 107 Å². The van der Waals surface area contributed by atoms with Crippen LogP contribution in [0.5, 0.6) is 0 Å². The minimum absolute atomic E-state index is 0.0518. The molecule has 0 aliphatic carbocycles. The predicted molar refractivity (Wildman–Crippen MR) is 67.4 cm³/mol. The summed E-state index contributed by atoms with van der Waals surface area (Å²) in [6.07, 6.45) is 4.12. The molecule has 1 aromatic heterocycles. The van der Waals surface area contributed by atoms with Crippen LogP contribution in [0.25, 0.3) is 0 Å². The number of furan rings is 1. The molecule has 0 bridgehead atoms. The molecule has 18 heavy (non-hydrogen) atoms. The normalized spacial score (nSPS) is 18.3. The minimum Gasteiger partial charge on any atom is -0.469 e. The Morgan fingerprint density at radius 1 is 1.50 bits per heavy atom. The van der Waals surface area contributed by atoms with Gasteiger partial charge in [-0.05, 0) is 31.9 Å².